The molecule has 2 rings (SSSR count). The molecule has 0 aromatic heterocycles. The molecule has 0 spiro atoms. The van der Waals surface area contributed by atoms with Gasteiger partial charge in [-0.2, -0.15) is 0 Å². The van der Waals surface area contributed by atoms with Crippen LogP contribution in [-0.2, 0) is 6.61 Å². The van der Waals surface area contributed by atoms with Crippen LogP contribution in [0.15, 0.2) is 42.5 Å². The first-order valence-electron chi connectivity index (χ1n) is 7.00. The Morgan fingerprint density at radius 3 is 2.76 bits per heavy atom. The third kappa shape index (κ3) is 4.45. The van der Waals surface area contributed by atoms with Crippen LogP contribution in [0.2, 0.25) is 5.02 Å². The fourth-order valence-corrected chi connectivity index (χ4v) is 2.30. The Labute approximate surface area is 129 Å². The lowest BCUT2D eigenvalue weighted by atomic mass is 10.1. The van der Waals surface area contributed by atoms with Crippen molar-refractivity contribution < 1.29 is 9.13 Å². The van der Waals surface area contributed by atoms with Gasteiger partial charge in [-0.25, -0.2) is 4.39 Å². The van der Waals surface area contributed by atoms with Crippen LogP contribution >= 0.6 is 11.6 Å². The zero-order valence-electron chi connectivity index (χ0n) is 12.2. The molecule has 112 valence electrons. The summed E-state index contributed by atoms with van der Waals surface area (Å²) in [6.07, 6.45) is 0. The zero-order valence-corrected chi connectivity index (χ0v) is 13.0. The molecule has 2 aromatic rings. The lowest BCUT2D eigenvalue weighted by molar-refractivity contribution is 0.305. The summed E-state index contributed by atoms with van der Waals surface area (Å²) in [5, 5.41) is 3.48. The molecule has 0 amide bonds. The molecule has 0 aliphatic heterocycles. The number of hydrogen-bond acceptors (Lipinski definition) is 2. The molecule has 1 unspecified atom stereocenters. The Hall–Kier alpha value is -1.58. The minimum absolute atomic E-state index is 0.116. The van der Waals surface area contributed by atoms with Crippen molar-refractivity contribution in [1.29, 1.82) is 0 Å². The Morgan fingerprint density at radius 2 is 2.05 bits per heavy atom. The molecule has 0 heterocycles. The van der Waals surface area contributed by atoms with Crippen molar-refractivity contribution >= 4 is 11.6 Å². The maximum atomic E-state index is 13.1. The molecule has 0 bridgehead atoms. The quantitative estimate of drug-likeness (QED) is 0.833. The molecule has 0 radical (unpaired) electrons. The van der Waals surface area contributed by atoms with E-state index in [2.05, 4.69) is 25.2 Å². The van der Waals surface area contributed by atoms with E-state index in [1.54, 1.807) is 12.1 Å². The predicted molar refractivity (Wildman–Crippen MR) is 84.3 cm³/mol. The third-order valence-electron chi connectivity index (χ3n) is 3.26. The second kappa shape index (κ2) is 7.43. The number of nitrogens with one attached hydrogen (secondary N) is 1. The van der Waals surface area contributed by atoms with Crippen molar-refractivity contribution in [2.75, 3.05) is 6.54 Å². The zero-order chi connectivity index (χ0) is 15.2. The van der Waals surface area contributed by atoms with E-state index in [0.29, 0.717) is 6.61 Å². The number of halogens is 2. The van der Waals surface area contributed by atoms with Crippen LogP contribution < -0.4 is 10.1 Å². The Morgan fingerprint density at radius 1 is 1.24 bits per heavy atom. The van der Waals surface area contributed by atoms with E-state index in [-0.39, 0.29) is 11.1 Å². The molecule has 0 fully saturated rings. The normalized spacial score (nSPS) is 12.2. The first kappa shape index (κ1) is 15.8. The molecule has 21 heavy (non-hydrogen) atoms. The van der Waals surface area contributed by atoms with E-state index in [1.807, 2.05) is 18.2 Å². The molecule has 2 nitrogen and oxygen atoms in total. The van der Waals surface area contributed by atoms with Gasteiger partial charge in [0, 0.05) is 6.04 Å². The lowest BCUT2D eigenvalue weighted by Gasteiger charge is -2.14. The fourth-order valence-electron chi connectivity index (χ4n) is 2.09. The molecule has 0 saturated carbocycles. The highest BCUT2D eigenvalue weighted by atomic mass is 35.5. The standard InChI is InChI=1S/C17H19ClFNO/c1-3-20-12(2)14-5-4-6-15(10-14)21-11-13-7-8-17(19)16(18)9-13/h4-10,12,20H,3,11H2,1-2H3. The topological polar surface area (TPSA) is 21.3 Å². The van der Waals surface area contributed by atoms with Crippen LogP contribution in [0.3, 0.4) is 0 Å². The van der Waals surface area contributed by atoms with Gasteiger partial charge in [0.25, 0.3) is 0 Å². The average molecular weight is 308 g/mol. The first-order chi connectivity index (χ1) is 10.1. The van der Waals surface area contributed by atoms with Crippen LogP contribution in [0.1, 0.15) is 31.0 Å². The van der Waals surface area contributed by atoms with E-state index in [0.717, 1.165) is 17.9 Å². The summed E-state index contributed by atoms with van der Waals surface area (Å²) in [5.74, 6) is 0.375. The maximum absolute atomic E-state index is 13.1. The lowest BCUT2D eigenvalue weighted by Crippen LogP contribution is -2.17. The van der Waals surface area contributed by atoms with Crippen molar-refractivity contribution in [3.05, 3.63) is 64.4 Å². The van der Waals surface area contributed by atoms with Crippen LogP contribution in [0, 0.1) is 5.82 Å². The highest BCUT2D eigenvalue weighted by Gasteiger charge is 2.06. The van der Waals surface area contributed by atoms with E-state index < -0.39 is 5.82 Å². The number of rotatable bonds is 6. The Kier molecular flexibility index (Phi) is 5.59. The van der Waals surface area contributed by atoms with Crippen molar-refractivity contribution in [1.82, 2.24) is 5.32 Å². The summed E-state index contributed by atoms with van der Waals surface area (Å²) in [5.41, 5.74) is 2.01. The monoisotopic (exact) mass is 307 g/mol. The van der Waals surface area contributed by atoms with Gasteiger partial charge in [-0.1, -0.05) is 36.7 Å². The van der Waals surface area contributed by atoms with Gasteiger partial charge in [-0.05, 0) is 48.9 Å². The minimum atomic E-state index is -0.415. The van der Waals surface area contributed by atoms with Crippen LogP contribution in [-0.4, -0.2) is 6.54 Å². The maximum Gasteiger partial charge on any atom is 0.141 e. The van der Waals surface area contributed by atoms with Gasteiger partial charge in [0.15, 0.2) is 0 Å². The van der Waals surface area contributed by atoms with Gasteiger partial charge in [-0.15, -0.1) is 0 Å². The highest BCUT2D eigenvalue weighted by Crippen LogP contribution is 2.21. The molecule has 4 heteroatoms. The molecule has 1 atom stereocenters. The molecule has 0 aliphatic carbocycles. The van der Waals surface area contributed by atoms with Gasteiger partial charge < -0.3 is 10.1 Å². The minimum Gasteiger partial charge on any atom is -0.489 e. The summed E-state index contributed by atoms with van der Waals surface area (Å²) in [7, 11) is 0. The van der Waals surface area contributed by atoms with Crippen molar-refractivity contribution in [3.8, 4) is 5.75 Å². The molecule has 1 N–H and O–H groups in total. The molecule has 0 saturated heterocycles. The number of hydrogen-bond donors (Lipinski definition) is 1. The van der Waals surface area contributed by atoms with Gasteiger partial charge >= 0.3 is 0 Å². The van der Waals surface area contributed by atoms with Gasteiger partial charge in [0.2, 0.25) is 0 Å². The first-order valence-corrected chi connectivity index (χ1v) is 7.38. The summed E-state index contributed by atoms with van der Waals surface area (Å²) in [4.78, 5) is 0. The van der Waals surface area contributed by atoms with Crippen LogP contribution in [0.5, 0.6) is 5.75 Å². The SMILES string of the molecule is CCNC(C)c1cccc(OCc2ccc(F)c(Cl)c2)c1. The summed E-state index contributed by atoms with van der Waals surface area (Å²) in [6, 6.07) is 12.8. The smallest absolute Gasteiger partial charge is 0.141 e. The predicted octanol–water partition coefficient (Wildman–Crippen LogP) is 4.73. The van der Waals surface area contributed by atoms with Crippen molar-refractivity contribution in [3.63, 3.8) is 0 Å². The third-order valence-corrected chi connectivity index (χ3v) is 3.55. The number of ether oxygens (including phenoxy) is 1. The molecule has 2 aromatic carbocycles. The van der Waals surface area contributed by atoms with E-state index >= 15 is 0 Å². The number of benzene rings is 2. The van der Waals surface area contributed by atoms with E-state index in [4.69, 9.17) is 16.3 Å². The van der Waals surface area contributed by atoms with Gasteiger partial charge in [0.05, 0.1) is 5.02 Å². The summed E-state index contributed by atoms with van der Waals surface area (Å²) in [6.45, 7) is 5.47. The fraction of sp³-hybridized carbons (Fsp3) is 0.294. The molecule has 0 aliphatic rings. The van der Waals surface area contributed by atoms with Crippen molar-refractivity contribution in [2.45, 2.75) is 26.5 Å². The van der Waals surface area contributed by atoms with Crippen LogP contribution in [0.4, 0.5) is 4.39 Å². The van der Waals surface area contributed by atoms with Gasteiger partial charge in [-0.3, -0.25) is 0 Å². The largest absolute Gasteiger partial charge is 0.489 e. The van der Waals surface area contributed by atoms with Crippen LogP contribution in [0.25, 0.3) is 0 Å². The van der Waals surface area contributed by atoms with E-state index in [9.17, 15) is 4.39 Å². The Bertz CT molecular complexity index is 603. The van der Waals surface area contributed by atoms with Gasteiger partial charge in [0.1, 0.15) is 18.2 Å². The second-order valence-electron chi connectivity index (χ2n) is 4.89. The highest BCUT2D eigenvalue weighted by molar-refractivity contribution is 6.30. The molecular formula is C17H19ClFNO. The summed E-state index contributed by atoms with van der Waals surface area (Å²) < 4.78 is 18.8. The Balaban J connectivity index is 2.02. The van der Waals surface area contributed by atoms with E-state index in [1.165, 1.54) is 11.6 Å². The molecular weight excluding hydrogens is 289 g/mol. The average Bonchev–Trinajstić information content (AvgIpc) is 2.49. The summed E-state index contributed by atoms with van der Waals surface area (Å²) >= 11 is 5.76. The van der Waals surface area contributed by atoms with Crippen molar-refractivity contribution in [2.24, 2.45) is 0 Å². The second-order valence-corrected chi connectivity index (χ2v) is 5.30.